The first-order valence-corrected chi connectivity index (χ1v) is 14.4. The van der Waals surface area contributed by atoms with Crippen molar-refractivity contribution in [2.45, 2.75) is 26.7 Å². The molecular formula is C24H20Cl2N12S2. The summed E-state index contributed by atoms with van der Waals surface area (Å²) >= 11 is 14.7. The molecule has 2 aromatic carbocycles. The second kappa shape index (κ2) is 11.3. The fourth-order valence-corrected chi connectivity index (χ4v) is 5.43. The van der Waals surface area contributed by atoms with Crippen molar-refractivity contribution in [3.05, 3.63) is 91.0 Å². The maximum absolute atomic E-state index is 5.95. The molecule has 0 aliphatic heterocycles. The molecule has 0 aliphatic rings. The molecule has 0 unspecified atom stereocenters. The Morgan fingerprint density at radius 2 is 1.05 bits per heavy atom. The molecule has 16 heteroatoms. The zero-order valence-electron chi connectivity index (χ0n) is 21.1. The smallest absolute Gasteiger partial charge is 0.234 e. The zero-order chi connectivity index (χ0) is 27.6. The zero-order valence-corrected chi connectivity index (χ0v) is 24.2. The van der Waals surface area contributed by atoms with Gasteiger partial charge < -0.3 is 0 Å². The van der Waals surface area contributed by atoms with Gasteiger partial charge in [0.2, 0.25) is 9.92 Å². The molecule has 2 N–H and O–H groups in total. The molecule has 0 fully saturated rings. The summed E-state index contributed by atoms with van der Waals surface area (Å²) in [5.41, 5.74) is 9.19. The molecule has 40 heavy (non-hydrogen) atoms. The van der Waals surface area contributed by atoms with Crippen LogP contribution in [-0.4, -0.2) is 39.6 Å². The van der Waals surface area contributed by atoms with Crippen molar-refractivity contribution >= 4 is 67.2 Å². The van der Waals surface area contributed by atoms with Crippen LogP contribution in [0.3, 0.4) is 0 Å². The van der Waals surface area contributed by atoms with E-state index in [0.29, 0.717) is 53.8 Å². The topological polar surface area (TPSA) is 135 Å². The van der Waals surface area contributed by atoms with E-state index in [0.717, 1.165) is 22.8 Å². The molecule has 6 aromatic rings. The van der Waals surface area contributed by atoms with Crippen LogP contribution in [0.1, 0.15) is 23.0 Å². The molecule has 4 aromatic heterocycles. The highest BCUT2D eigenvalue weighted by Crippen LogP contribution is 2.15. The van der Waals surface area contributed by atoms with E-state index < -0.39 is 0 Å². The van der Waals surface area contributed by atoms with E-state index in [4.69, 9.17) is 23.2 Å². The van der Waals surface area contributed by atoms with Crippen LogP contribution in [0, 0.1) is 13.8 Å². The lowest BCUT2D eigenvalue weighted by Gasteiger charge is -2.03. The number of anilines is 2. The monoisotopic (exact) mass is 610 g/mol. The van der Waals surface area contributed by atoms with Crippen molar-refractivity contribution in [3.63, 3.8) is 0 Å². The molecular weight excluding hydrogens is 591 g/mol. The Hall–Kier alpha value is -3.98. The summed E-state index contributed by atoms with van der Waals surface area (Å²) in [5.74, 6) is 1.42. The van der Waals surface area contributed by atoms with Gasteiger partial charge in [0.25, 0.3) is 0 Å². The molecule has 6 rings (SSSR count). The quantitative estimate of drug-likeness (QED) is 0.256. The van der Waals surface area contributed by atoms with Crippen LogP contribution >= 0.6 is 45.9 Å². The van der Waals surface area contributed by atoms with Crippen molar-refractivity contribution in [3.8, 4) is 0 Å². The molecule has 12 nitrogen and oxygen atoms in total. The maximum Gasteiger partial charge on any atom is 0.234 e. The first-order valence-electron chi connectivity index (χ1n) is 12.0. The van der Waals surface area contributed by atoms with E-state index in [1.807, 2.05) is 38.1 Å². The summed E-state index contributed by atoms with van der Waals surface area (Å²) in [7, 11) is 0. The summed E-state index contributed by atoms with van der Waals surface area (Å²) in [5, 5.41) is 36.9. The molecule has 202 valence electrons. The van der Waals surface area contributed by atoms with Crippen molar-refractivity contribution < 1.29 is 0 Å². The van der Waals surface area contributed by atoms with Gasteiger partial charge in [0.05, 0.1) is 22.8 Å². The first-order chi connectivity index (χ1) is 19.4. The van der Waals surface area contributed by atoms with Crippen molar-refractivity contribution in [1.82, 2.24) is 39.6 Å². The lowest BCUT2D eigenvalue weighted by molar-refractivity contribution is 0.723. The summed E-state index contributed by atoms with van der Waals surface area (Å²) < 4.78 is 4.90. The minimum absolute atomic E-state index is 0.552. The number of fused-ring (bicyclic) bond motifs is 2. The number of rotatable bonds is 7. The van der Waals surface area contributed by atoms with Crippen molar-refractivity contribution in [2.75, 3.05) is 10.9 Å². The minimum Gasteiger partial charge on any atom is -0.277 e. The van der Waals surface area contributed by atoms with E-state index in [2.05, 4.69) is 51.6 Å². The van der Waals surface area contributed by atoms with E-state index in [1.54, 1.807) is 33.3 Å². The van der Waals surface area contributed by atoms with Gasteiger partial charge in [-0.1, -0.05) is 45.9 Å². The van der Waals surface area contributed by atoms with Gasteiger partial charge >= 0.3 is 0 Å². The van der Waals surface area contributed by atoms with Gasteiger partial charge in [-0.05, 0) is 62.4 Å². The van der Waals surface area contributed by atoms with Gasteiger partial charge in [0.15, 0.2) is 21.0 Å². The second-order valence-corrected chi connectivity index (χ2v) is 11.4. The van der Waals surface area contributed by atoms with Crippen LogP contribution < -0.4 is 20.2 Å². The van der Waals surface area contributed by atoms with Crippen LogP contribution in [-0.2, 0) is 12.8 Å². The number of nitrogens with one attached hydrogen (secondary N) is 2. The largest absolute Gasteiger partial charge is 0.277 e. The Bertz CT molecular complexity index is 1810. The molecule has 0 spiro atoms. The Labute approximate surface area is 244 Å². The third-order valence-corrected chi connectivity index (χ3v) is 8.22. The Morgan fingerprint density at radius 3 is 1.45 bits per heavy atom. The number of benzene rings is 2. The number of nitrogens with zero attached hydrogens (tertiary/aromatic N) is 10. The van der Waals surface area contributed by atoms with Gasteiger partial charge in [0, 0.05) is 22.9 Å². The van der Waals surface area contributed by atoms with Crippen molar-refractivity contribution in [1.29, 1.82) is 0 Å². The molecule has 0 amide bonds. The highest BCUT2D eigenvalue weighted by atomic mass is 35.5. The van der Waals surface area contributed by atoms with Crippen LogP contribution in [0.15, 0.2) is 58.7 Å². The molecule has 0 bridgehead atoms. The maximum atomic E-state index is 5.95. The van der Waals surface area contributed by atoms with Crippen molar-refractivity contribution in [2.24, 2.45) is 10.2 Å². The predicted molar refractivity (Wildman–Crippen MR) is 155 cm³/mol. The summed E-state index contributed by atoms with van der Waals surface area (Å²) in [6, 6.07) is 14.6. The van der Waals surface area contributed by atoms with Crippen LogP contribution in [0.5, 0.6) is 0 Å². The predicted octanol–water partition coefficient (Wildman–Crippen LogP) is 4.25. The number of halogens is 2. The lowest BCUT2D eigenvalue weighted by Crippen LogP contribution is -2.14. The molecule has 4 heterocycles. The van der Waals surface area contributed by atoms with Gasteiger partial charge in [-0.15, -0.1) is 20.4 Å². The molecule has 0 aliphatic carbocycles. The Balaban J connectivity index is 1.20. The molecule has 0 atom stereocenters. The Kier molecular flexibility index (Phi) is 7.38. The highest BCUT2D eigenvalue weighted by Gasteiger charge is 2.14. The van der Waals surface area contributed by atoms with E-state index >= 15 is 0 Å². The highest BCUT2D eigenvalue weighted by molar-refractivity contribution is 7.14. The van der Waals surface area contributed by atoms with E-state index in [1.165, 1.54) is 22.7 Å². The van der Waals surface area contributed by atoms with E-state index in [-0.39, 0.29) is 0 Å². The number of aromatic nitrogens is 8. The van der Waals surface area contributed by atoms with Gasteiger partial charge in [-0.2, -0.15) is 29.4 Å². The van der Waals surface area contributed by atoms with Gasteiger partial charge in [-0.3, -0.25) is 10.9 Å². The standard InChI is InChI=1S/C24H20Cl2N12S2/c1-13-21(31-27-17-7-3-15(25)4-8-17)39-23-33-29-19(37(23)35-13)11-12-20-30-34-24-38(20)36-14(2)22(40-24)32-28-18-9-5-16(26)6-10-18/h3-10,27-28H,11-12H2,1-2H3/b31-21-,32-22-. The summed E-state index contributed by atoms with van der Waals surface area (Å²) in [4.78, 5) is 1.28. The summed E-state index contributed by atoms with van der Waals surface area (Å²) in [6.07, 6.45) is 1.10. The fraction of sp³-hybridized carbons (Fsp3) is 0.167. The number of aryl methyl sites for hydroxylation is 4. The Morgan fingerprint density at radius 1 is 0.650 bits per heavy atom. The van der Waals surface area contributed by atoms with Crippen LogP contribution in [0.25, 0.3) is 9.92 Å². The number of hydrogen-bond acceptors (Lipinski definition) is 12. The SMILES string of the molecule is Cc1nn2c(CCc3nnc4s/c(=N\Nc5ccc(Cl)cc5)c(C)nn34)nnc2s/c1=N\Nc1ccc(Cl)cc1. The molecule has 0 saturated carbocycles. The summed E-state index contributed by atoms with van der Waals surface area (Å²) in [6.45, 7) is 3.79. The second-order valence-electron chi connectivity index (χ2n) is 8.57. The van der Waals surface area contributed by atoms with Gasteiger partial charge in [0.1, 0.15) is 0 Å². The van der Waals surface area contributed by atoms with E-state index in [9.17, 15) is 0 Å². The average Bonchev–Trinajstić information content (AvgIpc) is 3.53. The normalized spacial score (nSPS) is 12.5. The third-order valence-electron chi connectivity index (χ3n) is 5.68. The first kappa shape index (κ1) is 26.3. The molecule has 0 radical (unpaired) electrons. The van der Waals surface area contributed by atoms with Gasteiger partial charge in [-0.25, -0.2) is 0 Å². The van der Waals surface area contributed by atoms with Crippen LogP contribution in [0.4, 0.5) is 11.4 Å². The minimum atomic E-state index is 0.552. The fourth-order valence-electron chi connectivity index (χ4n) is 3.65. The third kappa shape index (κ3) is 5.65. The number of hydrogen-bond donors (Lipinski definition) is 2. The lowest BCUT2D eigenvalue weighted by atomic mass is 10.3. The van der Waals surface area contributed by atoms with Crippen LogP contribution in [0.2, 0.25) is 10.0 Å². The molecule has 0 saturated heterocycles. The average molecular weight is 612 g/mol.